The topological polar surface area (TPSA) is 33.4 Å². The van der Waals surface area contributed by atoms with Gasteiger partial charge in [-0.3, -0.25) is 0 Å². The van der Waals surface area contributed by atoms with Gasteiger partial charge in [-0.15, -0.1) is 0 Å². The third kappa shape index (κ3) is 2.06. The first-order chi connectivity index (χ1) is 9.56. The van der Waals surface area contributed by atoms with Gasteiger partial charge < -0.3 is 9.52 Å². The van der Waals surface area contributed by atoms with Gasteiger partial charge in [0.25, 0.3) is 0 Å². The Labute approximate surface area is 112 Å². The number of aliphatic hydroxyl groups is 1. The van der Waals surface area contributed by atoms with Crippen LogP contribution in [0.15, 0.2) is 46.9 Å². The van der Waals surface area contributed by atoms with Crippen molar-refractivity contribution in [3.63, 3.8) is 0 Å². The maximum absolute atomic E-state index is 13.6. The van der Waals surface area contributed by atoms with E-state index in [-0.39, 0.29) is 16.9 Å². The highest BCUT2D eigenvalue weighted by atomic mass is 19.1. The van der Waals surface area contributed by atoms with Crippen molar-refractivity contribution in [3.05, 3.63) is 71.2 Å². The molecular formula is C15H9F3O2. The summed E-state index contributed by atoms with van der Waals surface area (Å²) in [6.07, 6.45) is -1.50. The summed E-state index contributed by atoms with van der Waals surface area (Å²) < 4.78 is 45.4. The van der Waals surface area contributed by atoms with E-state index in [4.69, 9.17) is 4.42 Å². The van der Waals surface area contributed by atoms with Crippen molar-refractivity contribution < 1.29 is 22.7 Å². The van der Waals surface area contributed by atoms with Gasteiger partial charge in [-0.2, -0.15) is 0 Å². The van der Waals surface area contributed by atoms with Crippen LogP contribution in [-0.4, -0.2) is 5.11 Å². The zero-order valence-electron chi connectivity index (χ0n) is 10.1. The second-order valence-electron chi connectivity index (χ2n) is 4.38. The average Bonchev–Trinajstić information content (AvgIpc) is 2.86. The molecule has 1 atom stereocenters. The molecule has 2 aromatic carbocycles. The van der Waals surface area contributed by atoms with Gasteiger partial charge in [0.2, 0.25) is 0 Å². The highest BCUT2D eigenvalue weighted by Crippen LogP contribution is 2.30. The Hall–Kier alpha value is -2.27. The van der Waals surface area contributed by atoms with E-state index < -0.39 is 23.6 Å². The van der Waals surface area contributed by atoms with Gasteiger partial charge in [-0.1, -0.05) is 12.1 Å². The number of hydrogen-bond donors (Lipinski definition) is 1. The van der Waals surface area contributed by atoms with Crippen molar-refractivity contribution in [2.24, 2.45) is 0 Å². The summed E-state index contributed by atoms with van der Waals surface area (Å²) in [6, 6.07) is 8.44. The van der Waals surface area contributed by atoms with Crippen LogP contribution in [-0.2, 0) is 0 Å². The van der Waals surface area contributed by atoms with Crippen molar-refractivity contribution in [3.8, 4) is 0 Å². The van der Waals surface area contributed by atoms with Gasteiger partial charge in [0.1, 0.15) is 23.5 Å². The summed E-state index contributed by atoms with van der Waals surface area (Å²) in [5, 5.41) is 10.5. The lowest BCUT2D eigenvalue weighted by molar-refractivity contribution is 0.186. The quantitative estimate of drug-likeness (QED) is 0.770. The van der Waals surface area contributed by atoms with E-state index in [1.807, 2.05) is 0 Å². The molecule has 1 unspecified atom stereocenters. The Bertz CT molecular complexity index is 780. The molecule has 0 aliphatic rings. The molecule has 0 saturated heterocycles. The molecule has 20 heavy (non-hydrogen) atoms. The van der Waals surface area contributed by atoms with E-state index in [0.717, 1.165) is 18.2 Å². The summed E-state index contributed by atoms with van der Waals surface area (Å²) >= 11 is 0. The third-order valence-corrected chi connectivity index (χ3v) is 3.04. The predicted molar refractivity (Wildman–Crippen MR) is 66.6 cm³/mol. The molecule has 1 heterocycles. The van der Waals surface area contributed by atoms with E-state index in [9.17, 15) is 18.3 Å². The number of benzene rings is 2. The van der Waals surface area contributed by atoms with E-state index in [1.54, 1.807) is 6.07 Å². The van der Waals surface area contributed by atoms with Crippen LogP contribution in [0.1, 0.15) is 17.4 Å². The third-order valence-electron chi connectivity index (χ3n) is 3.04. The number of fused-ring (bicyclic) bond motifs is 1. The molecule has 0 saturated carbocycles. The van der Waals surface area contributed by atoms with Crippen LogP contribution in [0.5, 0.6) is 0 Å². The molecule has 0 aliphatic carbocycles. The first kappa shape index (κ1) is 12.7. The van der Waals surface area contributed by atoms with Gasteiger partial charge in [-0.25, -0.2) is 13.2 Å². The fraction of sp³-hybridized carbons (Fsp3) is 0.0667. The monoisotopic (exact) mass is 278 g/mol. The van der Waals surface area contributed by atoms with Crippen molar-refractivity contribution in [2.75, 3.05) is 0 Å². The van der Waals surface area contributed by atoms with Gasteiger partial charge in [0, 0.05) is 10.9 Å². The van der Waals surface area contributed by atoms with Crippen LogP contribution in [0.25, 0.3) is 11.0 Å². The summed E-state index contributed by atoms with van der Waals surface area (Å²) in [7, 11) is 0. The Balaban J connectivity index is 2.10. The Kier molecular flexibility index (Phi) is 2.99. The van der Waals surface area contributed by atoms with E-state index >= 15 is 0 Å². The predicted octanol–water partition coefficient (Wildman–Crippen LogP) is 3.93. The number of hydrogen-bond acceptors (Lipinski definition) is 2. The van der Waals surface area contributed by atoms with E-state index in [1.165, 1.54) is 18.2 Å². The largest absolute Gasteiger partial charge is 0.455 e. The lowest BCUT2D eigenvalue weighted by atomic mass is 10.1. The molecule has 0 aliphatic heterocycles. The van der Waals surface area contributed by atoms with Crippen LogP contribution >= 0.6 is 0 Å². The Morgan fingerprint density at radius 2 is 1.75 bits per heavy atom. The minimum absolute atomic E-state index is 0.0293. The van der Waals surface area contributed by atoms with Crippen LogP contribution < -0.4 is 0 Å². The standard InChI is InChI=1S/C15H9F3O2/c16-9-4-5-11(17)10(7-9)14(19)13-6-8-2-1-3-12(18)15(8)20-13/h1-7,14,19H. The minimum atomic E-state index is -1.50. The summed E-state index contributed by atoms with van der Waals surface area (Å²) in [5.74, 6) is -2.07. The number of rotatable bonds is 2. The van der Waals surface area contributed by atoms with Crippen LogP contribution in [0.4, 0.5) is 13.2 Å². The maximum Gasteiger partial charge on any atom is 0.170 e. The number of para-hydroxylation sites is 1. The first-order valence-electron chi connectivity index (χ1n) is 5.87. The molecule has 0 bridgehead atoms. The van der Waals surface area contributed by atoms with E-state index in [2.05, 4.69) is 0 Å². The van der Waals surface area contributed by atoms with Gasteiger partial charge in [0.05, 0.1) is 0 Å². The highest BCUT2D eigenvalue weighted by molar-refractivity contribution is 5.78. The van der Waals surface area contributed by atoms with Gasteiger partial charge in [0.15, 0.2) is 11.4 Å². The number of halogens is 3. The van der Waals surface area contributed by atoms with Crippen LogP contribution in [0.3, 0.4) is 0 Å². The van der Waals surface area contributed by atoms with Crippen molar-refractivity contribution >= 4 is 11.0 Å². The fourth-order valence-corrected chi connectivity index (χ4v) is 2.06. The second-order valence-corrected chi connectivity index (χ2v) is 4.38. The van der Waals surface area contributed by atoms with Crippen LogP contribution in [0, 0.1) is 17.5 Å². The molecule has 102 valence electrons. The van der Waals surface area contributed by atoms with Gasteiger partial charge in [-0.05, 0) is 30.3 Å². The summed E-state index contributed by atoms with van der Waals surface area (Å²) in [4.78, 5) is 0. The highest BCUT2D eigenvalue weighted by Gasteiger charge is 2.20. The van der Waals surface area contributed by atoms with Crippen molar-refractivity contribution in [1.29, 1.82) is 0 Å². The molecule has 1 N–H and O–H groups in total. The molecule has 3 rings (SSSR count). The molecule has 0 amide bonds. The first-order valence-corrected chi connectivity index (χ1v) is 5.87. The Morgan fingerprint density at radius 1 is 0.950 bits per heavy atom. The van der Waals surface area contributed by atoms with Crippen molar-refractivity contribution in [1.82, 2.24) is 0 Å². The zero-order chi connectivity index (χ0) is 14.3. The summed E-state index contributed by atoms with van der Waals surface area (Å²) in [6.45, 7) is 0. The smallest absolute Gasteiger partial charge is 0.170 e. The lowest BCUT2D eigenvalue weighted by Gasteiger charge is -2.09. The molecule has 0 spiro atoms. The SMILES string of the molecule is OC(c1cc2cccc(F)c2o1)c1cc(F)ccc1F. The molecule has 5 heteroatoms. The minimum Gasteiger partial charge on any atom is -0.455 e. The zero-order valence-corrected chi connectivity index (χ0v) is 10.1. The van der Waals surface area contributed by atoms with Gasteiger partial charge >= 0.3 is 0 Å². The molecule has 1 aromatic heterocycles. The van der Waals surface area contributed by atoms with Crippen molar-refractivity contribution in [2.45, 2.75) is 6.10 Å². The maximum atomic E-state index is 13.6. The molecule has 0 fully saturated rings. The van der Waals surface area contributed by atoms with Crippen LogP contribution in [0.2, 0.25) is 0 Å². The number of furan rings is 1. The fourth-order valence-electron chi connectivity index (χ4n) is 2.06. The molecular weight excluding hydrogens is 269 g/mol. The second kappa shape index (κ2) is 4.68. The summed E-state index contributed by atoms with van der Waals surface area (Å²) in [5.41, 5.74) is -0.289. The number of aliphatic hydroxyl groups excluding tert-OH is 1. The normalized spacial score (nSPS) is 12.8. The lowest BCUT2D eigenvalue weighted by Crippen LogP contribution is -2.02. The molecule has 0 radical (unpaired) electrons. The van der Waals surface area contributed by atoms with E-state index in [0.29, 0.717) is 5.39 Å². The average molecular weight is 278 g/mol. The molecule has 3 aromatic rings. The molecule has 2 nitrogen and oxygen atoms in total. The Morgan fingerprint density at radius 3 is 2.50 bits per heavy atom.